The molecular formula is C11H16O2. The van der Waals surface area contributed by atoms with E-state index in [1.165, 1.54) is 12.8 Å². The van der Waals surface area contributed by atoms with E-state index in [1.807, 2.05) is 0 Å². The van der Waals surface area contributed by atoms with Crippen molar-refractivity contribution in [1.82, 2.24) is 0 Å². The Hall–Kier alpha value is -0.790. The Morgan fingerprint density at radius 3 is 2.92 bits per heavy atom. The molecule has 1 saturated carbocycles. The molecule has 1 aliphatic heterocycles. The highest BCUT2D eigenvalue weighted by atomic mass is 16.6. The smallest absolute Gasteiger partial charge is 0.334 e. The topological polar surface area (TPSA) is 26.3 Å². The number of carbonyl (C=O) groups excluding carboxylic acids is 1. The molecule has 1 heterocycles. The van der Waals surface area contributed by atoms with Gasteiger partial charge in [0.15, 0.2) is 0 Å². The zero-order valence-electron chi connectivity index (χ0n) is 8.14. The standard InChI is InChI=1S/C11H16O2/c1-8-4-3-5-11(6-8)7-9(2)10(12)13-11/h8H,2-7H2,1H3. The highest BCUT2D eigenvalue weighted by molar-refractivity contribution is 5.90. The molecule has 13 heavy (non-hydrogen) atoms. The summed E-state index contributed by atoms with van der Waals surface area (Å²) in [5.74, 6) is 0.515. The zero-order valence-corrected chi connectivity index (χ0v) is 8.14. The van der Waals surface area contributed by atoms with Crippen molar-refractivity contribution >= 4 is 5.97 Å². The Morgan fingerprint density at radius 2 is 2.38 bits per heavy atom. The van der Waals surface area contributed by atoms with Gasteiger partial charge in [-0.15, -0.1) is 0 Å². The number of ether oxygens (including phenoxy) is 1. The molecule has 2 rings (SSSR count). The maximum atomic E-state index is 11.2. The van der Waals surface area contributed by atoms with Gasteiger partial charge in [0, 0.05) is 12.0 Å². The molecule has 1 spiro atoms. The third-order valence-corrected chi connectivity index (χ3v) is 3.18. The lowest BCUT2D eigenvalue weighted by molar-refractivity contribution is -0.150. The molecule has 2 unspecified atom stereocenters. The van der Waals surface area contributed by atoms with E-state index in [0.717, 1.165) is 19.3 Å². The van der Waals surface area contributed by atoms with Crippen molar-refractivity contribution in [2.75, 3.05) is 0 Å². The molecule has 1 saturated heterocycles. The van der Waals surface area contributed by atoms with Crippen LogP contribution in [0.4, 0.5) is 0 Å². The average molecular weight is 180 g/mol. The van der Waals surface area contributed by atoms with Gasteiger partial charge in [-0.25, -0.2) is 4.79 Å². The molecule has 72 valence electrons. The maximum Gasteiger partial charge on any atom is 0.334 e. The van der Waals surface area contributed by atoms with Crippen molar-refractivity contribution in [3.8, 4) is 0 Å². The van der Waals surface area contributed by atoms with Gasteiger partial charge in [-0.3, -0.25) is 0 Å². The van der Waals surface area contributed by atoms with Crippen LogP contribution in [-0.2, 0) is 9.53 Å². The summed E-state index contributed by atoms with van der Waals surface area (Å²) in [4.78, 5) is 11.2. The minimum Gasteiger partial charge on any atom is -0.455 e. The largest absolute Gasteiger partial charge is 0.455 e. The van der Waals surface area contributed by atoms with Crippen LogP contribution in [0.2, 0.25) is 0 Å². The van der Waals surface area contributed by atoms with E-state index in [-0.39, 0.29) is 11.6 Å². The van der Waals surface area contributed by atoms with Crippen LogP contribution in [0.3, 0.4) is 0 Å². The van der Waals surface area contributed by atoms with Crippen molar-refractivity contribution in [3.05, 3.63) is 12.2 Å². The summed E-state index contributed by atoms with van der Waals surface area (Å²) >= 11 is 0. The van der Waals surface area contributed by atoms with Gasteiger partial charge in [0.25, 0.3) is 0 Å². The van der Waals surface area contributed by atoms with Gasteiger partial charge in [0.1, 0.15) is 5.60 Å². The Kier molecular flexibility index (Phi) is 1.94. The minimum absolute atomic E-state index is 0.161. The molecule has 0 aromatic heterocycles. The maximum absolute atomic E-state index is 11.2. The average Bonchev–Trinajstić information content (AvgIpc) is 2.26. The predicted octanol–water partition coefficient (Wildman–Crippen LogP) is 2.44. The molecule has 0 aromatic carbocycles. The molecule has 2 atom stereocenters. The van der Waals surface area contributed by atoms with Crippen LogP contribution in [0.1, 0.15) is 39.0 Å². The van der Waals surface area contributed by atoms with E-state index in [1.54, 1.807) is 0 Å². The quantitative estimate of drug-likeness (QED) is 0.423. The van der Waals surface area contributed by atoms with E-state index in [4.69, 9.17) is 4.74 Å². The number of rotatable bonds is 0. The van der Waals surface area contributed by atoms with Crippen LogP contribution in [0.5, 0.6) is 0 Å². The van der Waals surface area contributed by atoms with Gasteiger partial charge in [0.2, 0.25) is 0 Å². The molecule has 2 aliphatic rings. The molecule has 0 N–H and O–H groups in total. The van der Waals surface area contributed by atoms with E-state index in [2.05, 4.69) is 13.5 Å². The van der Waals surface area contributed by atoms with Gasteiger partial charge in [0.05, 0.1) is 0 Å². The fraction of sp³-hybridized carbons (Fsp3) is 0.727. The summed E-state index contributed by atoms with van der Waals surface area (Å²) in [5.41, 5.74) is 0.500. The molecule has 2 fully saturated rings. The van der Waals surface area contributed by atoms with E-state index >= 15 is 0 Å². The van der Waals surface area contributed by atoms with Crippen LogP contribution in [0.25, 0.3) is 0 Å². The molecule has 0 amide bonds. The lowest BCUT2D eigenvalue weighted by Gasteiger charge is -2.34. The molecule has 0 radical (unpaired) electrons. The molecule has 2 nitrogen and oxygen atoms in total. The monoisotopic (exact) mass is 180 g/mol. The van der Waals surface area contributed by atoms with Crippen molar-refractivity contribution in [2.45, 2.75) is 44.6 Å². The van der Waals surface area contributed by atoms with Crippen LogP contribution in [0.15, 0.2) is 12.2 Å². The fourth-order valence-electron chi connectivity index (χ4n) is 2.63. The highest BCUT2D eigenvalue weighted by Gasteiger charge is 2.44. The van der Waals surface area contributed by atoms with E-state index < -0.39 is 0 Å². The Morgan fingerprint density at radius 1 is 1.62 bits per heavy atom. The van der Waals surface area contributed by atoms with Crippen LogP contribution in [-0.4, -0.2) is 11.6 Å². The Balaban J connectivity index is 2.13. The number of hydrogen-bond donors (Lipinski definition) is 0. The van der Waals surface area contributed by atoms with Gasteiger partial charge < -0.3 is 4.74 Å². The number of carbonyl (C=O) groups is 1. The summed E-state index contributed by atoms with van der Waals surface area (Å²) in [7, 11) is 0. The second kappa shape index (κ2) is 2.86. The fourth-order valence-corrected chi connectivity index (χ4v) is 2.63. The Bertz CT molecular complexity index is 239. The van der Waals surface area contributed by atoms with Gasteiger partial charge in [-0.05, 0) is 25.2 Å². The third-order valence-electron chi connectivity index (χ3n) is 3.18. The molecule has 0 aromatic rings. The molecule has 0 bridgehead atoms. The Labute approximate surface area is 79.0 Å². The number of hydrogen-bond acceptors (Lipinski definition) is 2. The minimum atomic E-state index is -0.172. The lowest BCUT2D eigenvalue weighted by Crippen LogP contribution is -2.34. The van der Waals surface area contributed by atoms with E-state index in [0.29, 0.717) is 11.5 Å². The molecule has 1 aliphatic carbocycles. The first-order valence-electron chi connectivity index (χ1n) is 5.02. The molecular weight excluding hydrogens is 164 g/mol. The summed E-state index contributed by atoms with van der Waals surface area (Å²) in [5, 5.41) is 0. The van der Waals surface area contributed by atoms with Crippen molar-refractivity contribution < 1.29 is 9.53 Å². The normalized spacial score (nSPS) is 39.6. The lowest BCUT2D eigenvalue weighted by atomic mass is 9.77. The zero-order chi connectivity index (χ0) is 9.47. The summed E-state index contributed by atoms with van der Waals surface area (Å²) < 4.78 is 5.43. The van der Waals surface area contributed by atoms with Gasteiger partial charge in [-0.1, -0.05) is 19.9 Å². The first-order chi connectivity index (χ1) is 6.11. The first kappa shape index (κ1) is 8.79. The second-order valence-electron chi connectivity index (χ2n) is 4.55. The summed E-state index contributed by atoms with van der Waals surface area (Å²) in [6.07, 6.45) is 5.27. The van der Waals surface area contributed by atoms with E-state index in [9.17, 15) is 4.79 Å². The first-order valence-corrected chi connectivity index (χ1v) is 5.02. The third kappa shape index (κ3) is 1.50. The van der Waals surface area contributed by atoms with Gasteiger partial charge in [-0.2, -0.15) is 0 Å². The van der Waals surface area contributed by atoms with Crippen molar-refractivity contribution in [2.24, 2.45) is 5.92 Å². The summed E-state index contributed by atoms with van der Waals surface area (Å²) in [6.45, 7) is 5.97. The predicted molar refractivity (Wildman–Crippen MR) is 50.2 cm³/mol. The molecule has 2 heteroatoms. The highest BCUT2D eigenvalue weighted by Crippen LogP contribution is 2.43. The van der Waals surface area contributed by atoms with Crippen LogP contribution >= 0.6 is 0 Å². The second-order valence-corrected chi connectivity index (χ2v) is 4.55. The van der Waals surface area contributed by atoms with Crippen molar-refractivity contribution in [3.63, 3.8) is 0 Å². The summed E-state index contributed by atoms with van der Waals surface area (Å²) in [6, 6.07) is 0. The van der Waals surface area contributed by atoms with Crippen molar-refractivity contribution in [1.29, 1.82) is 0 Å². The van der Waals surface area contributed by atoms with Crippen LogP contribution < -0.4 is 0 Å². The number of esters is 1. The van der Waals surface area contributed by atoms with Crippen LogP contribution in [0, 0.1) is 5.92 Å². The van der Waals surface area contributed by atoms with Gasteiger partial charge >= 0.3 is 5.97 Å². The SMILES string of the molecule is C=C1CC2(CCCC(C)C2)OC1=O.